The second-order valence-corrected chi connectivity index (χ2v) is 27.5. The normalized spacial score (nSPS) is 20.2. The van der Waals surface area contributed by atoms with Crippen LogP contribution in [0.4, 0.5) is 0 Å². The van der Waals surface area contributed by atoms with Gasteiger partial charge < -0.3 is 71.5 Å². The first-order valence-electron chi connectivity index (χ1n) is 32.3. The number of rotatable bonds is 4. The molecule has 15 heterocycles. The van der Waals surface area contributed by atoms with Crippen molar-refractivity contribution in [2.75, 3.05) is 14.2 Å². The minimum atomic E-state index is -0.440. The highest BCUT2D eigenvalue weighted by atomic mass is 16.5. The summed E-state index contributed by atoms with van der Waals surface area (Å²) in [5.74, 6) is 0. The topological polar surface area (TPSA) is 335 Å². The van der Waals surface area contributed by atoms with Crippen molar-refractivity contribution in [3.05, 3.63) is 344 Å². The third-order valence-corrected chi connectivity index (χ3v) is 20.9. The van der Waals surface area contributed by atoms with Gasteiger partial charge in [-0.2, -0.15) is 9.46 Å². The molecule has 0 unspecified atom stereocenters. The van der Waals surface area contributed by atoms with E-state index in [1.165, 1.54) is 22.3 Å². The lowest BCUT2D eigenvalue weighted by Crippen LogP contribution is -2.33. The predicted octanol–water partition coefficient (Wildman–Crippen LogP) is 11.4. The molecule has 0 fully saturated rings. The van der Waals surface area contributed by atoms with Crippen molar-refractivity contribution in [1.29, 1.82) is 0 Å². The zero-order chi connectivity index (χ0) is 68.6. The Kier molecular flexibility index (Phi) is 20.1. The highest BCUT2D eigenvalue weighted by Gasteiger charge is 2.43. The van der Waals surface area contributed by atoms with Crippen LogP contribution in [0.1, 0.15) is 196 Å². The molecule has 20 heteroatoms. The monoisotopic (exact) mass is 1320 g/mol. The summed E-state index contributed by atoms with van der Waals surface area (Å²) in [6.07, 6.45) is 19.5. The van der Waals surface area contributed by atoms with Crippen LogP contribution in [0.2, 0.25) is 0 Å². The van der Waals surface area contributed by atoms with Crippen LogP contribution in [0, 0.1) is 10.4 Å². The van der Waals surface area contributed by atoms with Crippen molar-refractivity contribution in [3.63, 3.8) is 0 Å². The van der Waals surface area contributed by atoms with Gasteiger partial charge in [0, 0.05) is 177 Å². The van der Waals surface area contributed by atoms with Gasteiger partial charge in [-0.25, -0.2) is 0 Å². The van der Waals surface area contributed by atoms with E-state index in [4.69, 9.17) is 10.2 Å². The molecule has 0 atom stereocenters. The van der Waals surface area contributed by atoms with Gasteiger partial charge in [0.1, 0.15) is 0 Å². The summed E-state index contributed by atoms with van der Waals surface area (Å²) >= 11 is 0. The lowest BCUT2D eigenvalue weighted by atomic mass is 9.77. The number of aliphatic hydroxyl groups is 2. The molecule has 0 saturated carbocycles. The number of hydrogen-bond donors (Lipinski definition) is 10. The van der Waals surface area contributed by atoms with E-state index < -0.39 is 21.7 Å². The highest BCUT2D eigenvalue weighted by molar-refractivity contribution is 5.54. The average molecular weight is 1320 g/mol. The molecule has 0 spiro atoms. The van der Waals surface area contributed by atoms with Crippen LogP contribution < -0.4 is 9.46 Å². The maximum atomic E-state index is 10.2. The van der Waals surface area contributed by atoms with Crippen molar-refractivity contribution >= 4 is 0 Å². The fraction of sp³-hybridized carbons (Fsp3) is 0.282. The van der Waals surface area contributed by atoms with Crippen LogP contribution in [0.25, 0.3) is 0 Å². The van der Waals surface area contributed by atoms with Crippen LogP contribution in [-0.4, -0.2) is 95.2 Å². The molecule has 14 N–H and O–H groups in total. The van der Waals surface area contributed by atoms with Gasteiger partial charge >= 0.3 is 0 Å². The van der Waals surface area contributed by atoms with E-state index in [0.717, 1.165) is 130 Å². The van der Waals surface area contributed by atoms with Crippen LogP contribution in [-0.2, 0) is 43.3 Å². The minimum absolute atomic E-state index is 0. The van der Waals surface area contributed by atoms with Crippen LogP contribution >= 0.6 is 0 Å². The molecule has 0 radical (unpaired) electrons. The SMILES string of the molecule is CC1(C)c2ccc([nH]2)C(C)(c2ccncc2)c2ccc([nH]2)C(C)(C)c2ccc([nH]2)C(C)(c2ccncc2)c2ccc1[nH]2.CC1(C)c2ccc([nH]2)C(C)(c2ccncc2)c2ccc([nH]2)C(C)(C)c2ccc([nH]2)C(C)(c2ccncc2)c2ccc1[nH]2.CO.CO.O.O.[O-][n+]1cc[n+]([O-])cc1. The minimum Gasteiger partial charge on any atom is -0.618 e. The number of aromatic nitrogens is 14. The molecule has 0 saturated heterocycles. The first-order chi connectivity index (χ1) is 45.9. The molecule has 2 aliphatic heterocycles. The van der Waals surface area contributed by atoms with Crippen molar-refractivity contribution in [3.8, 4) is 0 Å². The van der Waals surface area contributed by atoms with E-state index in [1.54, 1.807) is 0 Å². The van der Waals surface area contributed by atoms with Gasteiger partial charge in [0.25, 0.3) is 0 Å². The number of nitrogens with one attached hydrogen (secondary N) is 8. The van der Waals surface area contributed by atoms with Crippen molar-refractivity contribution in [2.45, 2.75) is 126 Å². The maximum Gasteiger partial charge on any atom is 0.245 e. The standard InChI is InChI=1S/2C36H38N6.C4H4N2O2.2CH4O.2H2O/c2*1-33(2)25-7-11-29(39-25)35(5,23-15-19-37-20-16-23)31-13-9-27(41-31)34(3,4)28-10-14-32(42-28)36(6,24-17-21-38-22-18-24)30-12-8-26(33)40-30;7-5-1-2-6(8)4-3-5;2*1-2;;/h2*7-22,39-42H,1-6H3;1-4H;2*2H,1H3;2*1H2. The third kappa shape index (κ3) is 12.2. The second-order valence-electron chi connectivity index (χ2n) is 27.5. The Morgan fingerprint density at radius 3 is 0.490 bits per heavy atom. The molecule has 0 amide bonds. The Balaban J connectivity index is 0.000000193. The Morgan fingerprint density at radius 2 is 0.357 bits per heavy atom. The van der Waals surface area contributed by atoms with Crippen LogP contribution in [0.3, 0.4) is 0 Å². The largest absolute Gasteiger partial charge is 0.618 e. The quantitative estimate of drug-likeness (QED) is 0.0595. The third-order valence-electron chi connectivity index (χ3n) is 20.9. The van der Waals surface area contributed by atoms with E-state index in [0.29, 0.717) is 9.46 Å². The Labute approximate surface area is 572 Å². The van der Waals surface area contributed by atoms with Gasteiger partial charge in [-0.3, -0.25) is 19.9 Å². The van der Waals surface area contributed by atoms with E-state index in [-0.39, 0.29) is 32.6 Å². The second kappa shape index (κ2) is 27.5. The van der Waals surface area contributed by atoms with Gasteiger partial charge in [-0.05, 0) is 251 Å². The molecule has 16 bridgehead atoms. The maximum absolute atomic E-state index is 10.2. The molecule has 15 rings (SSSR count). The van der Waals surface area contributed by atoms with Gasteiger partial charge in [0.05, 0.1) is 21.7 Å². The van der Waals surface area contributed by atoms with Gasteiger partial charge in [-0.1, -0.05) is 0 Å². The first-order valence-corrected chi connectivity index (χ1v) is 32.3. The van der Waals surface area contributed by atoms with Crippen LogP contribution in [0.15, 0.2) is 220 Å². The van der Waals surface area contributed by atoms with Crippen molar-refractivity contribution < 1.29 is 30.6 Å². The molecule has 2 aliphatic rings. The number of H-pyrrole nitrogens is 8. The zero-order valence-corrected chi connectivity index (χ0v) is 58.2. The highest BCUT2D eigenvalue weighted by Crippen LogP contribution is 2.48. The molecule has 20 nitrogen and oxygen atoms in total. The summed E-state index contributed by atoms with van der Waals surface area (Å²) < 4.78 is 1.10. The number of pyridine rings is 4. The van der Waals surface area contributed by atoms with E-state index in [1.807, 2.05) is 49.6 Å². The number of aliphatic hydroxyl groups excluding tert-OH is 2. The molecule has 98 heavy (non-hydrogen) atoms. The Hall–Kier alpha value is -10.6. The van der Waals surface area contributed by atoms with E-state index in [2.05, 4.69) is 288 Å². The van der Waals surface area contributed by atoms with Crippen molar-refractivity contribution in [2.24, 2.45) is 0 Å². The number of nitrogens with zero attached hydrogens (tertiary/aromatic N) is 6. The fourth-order valence-corrected chi connectivity index (χ4v) is 13.9. The fourth-order valence-electron chi connectivity index (χ4n) is 13.9. The van der Waals surface area contributed by atoms with E-state index >= 15 is 0 Å². The lowest BCUT2D eigenvalue weighted by molar-refractivity contribution is -0.665. The molecule has 0 aromatic carbocycles. The number of hydrogen-bond acceptors (Lipinski definition) is 8. The zero-order valence-electron chi connectivity index (χ0n) is 58.2. The summed E-state index contributed by atoms with van der Waals surface area (Å²) in [7, 11) is 2.00. The van der Waals surface area contributed by atoms with E-state index in [9.17, 15) is 10.4 Å². The predicted molar refractivity (Wildman–Crippen MR) is 382 cm³/mol. The Morgan fingerprint density at radius 1 is 0.235 bits per heavy atom. The summed E-state index contributed by atoms with van der Waals surface area (Å²) in [6.45, 7) is 27.3. The Bertz CT molecular complexity index is 3950. The average Bonchev–Trinajstić information content (AvgIpc) is 1.57. The summed E-state index contributed by atoms with van der Waals surface area (Å²) in [4.78, 5) is 48.2. The van der Waals surface area contributed by atoms with Gasteiger partial charge in [0.2, 0.25) is 24.8 Å². The molecule has 13 aromatic rings. The molecule has 13 aromatic heterocycles. The molecular weight excluding hydrogens is 1230 g/mol. The molecular formula is C78H92N14O6. The molecule has 0 aliphatic carbocycles. The van der Waals surface area contributed by atoms with Crippen molar-refractivity contribution in [1.82, 2.24) is 59.8 Å². The number of aromatic amines is 8. The van der Waals surface area contributed by atoms with Crippen LogP contribution in [0.5, 0.6) is 0 Å². The number of fused-ring (bicyclic) bond motifs is 16. The smallest absolute Gasteiger partial charge is 0.245 e. The first kappa shape index (κ1) is 71.6. The summed E-state index contributed by atoms with van der Waals surface area (Å²) in [6, 6.07) is 52.7. The summed E-state index contributed by atoms with van der Waals surface area (Å²) in [5.41, 5.74) is 20.0. The summed E-state index contributed by atoms with van der Waals surface area (Å²) in [5, 5.41) is 34.4. The lowest BCUT2D eigenvalue weighted by Gasteiger charge is -2.32. The van der Waals surface area contributed by atoms with Gasteiger partial charge in [-0.15, -0.1) is 0 Å². The molecule has 510 valence electrons. The van der Waals surface area contributed by atoms with Gasteiger partial charge in [0.15, 0.2) is 0 Å².